The highest BCUT2D eigenvalue weighted by Crippen LogP contribution is 2.56. The van der Waals surface area contributed by atoms with Crippen molar-refractivity contribution in [2.75, 3.05) is 5.75 Å². The van der Waals surface area contributed by atoms with E-state index in [1.165, 1.54) is 24.2 Å². The van der Waals surface area contributed by atoms with Gasteiger partial charge in [0.25, 0.3) is 0 Å². The molecule has 0 nitrogen and oxygen atoms in total. The van der Waals surface area contributed by atoms with E-state index in [4.69, 9.17) is 0 Å². The van der Waals surface area contributed by atoms with Gasteiger partial charge >= 0.3 is 0 Å². The van der Waals surface area contributed by atoms with Crippen molar-refractivity contribution in [3.05, 3.63) is 46.7 Å². The van der Waals surface area contributed by atoms with Gasteiger partial charge in [-0.1, -0.05) is 103 Å². The van der Waals surface area contributed by atoms with Crippen LogP contribution in [0.4, 0.5) is 0 Å². The van der Waals surface area contributed by atoms with Gasteiger partial charge in [0, 0.05) is 4.37 Å². The summed E-state index contributed by atoms with van der Waals surface area (Å²) in [6, 6.07) is 0. The molecular weight excluding hydrogens is 348 g/mol. The summed E-state index contributed by atoms with van der Waals surface area (Å²) >= 11 is 2.26. The first-order chi connectivity index (χ1) is 11.9. The van der Waals surface area contributed by atoms with E-state index in [-0.39, 0.29) is 15.2 Å². The van der Waals surface area contributed by atoms with Crippen LogP contribution in [0.15, 0.2) is 46.7 Å². The Balaban J connectivity index is 2.65. The topological polar surface area (TPSA) is 0 Å². The predicted octanol–water partition coefficient (Wildman–Crippen LogP) is 7.89. The van der Waals surface area contributed by atoms with Gasteiger partial charge < -0.3 is 0 Å². The molecule has 2 rings (SSSR count). The smallest absolute Gasteiger partial charge is 0.103 e. The lowest BCUT2D eigenvalue weighted by atomic mass is 9.75. The molecule has 26 heavy (non-hydrogen) atoms. The molecule has 2 aliphatic rings. The lowest BCUT2D eigenvalue weighted by Crippen LogP contribution is -2.57. The summed E-state index contributed by atoms with van der Waals surface area (Å²) < 4.78 is 0.260. The van der Waals surface area contributed by atoms with E-state index in [1.807, 2.05) is 0 Å². The van der Waals surface area contributed by atoms with Crippen LogP contribution in [0.3, 0.4) is 0 Å². The quantitative estimate of drug-likeness (QED) is 0.431. The molecule has 0 N–H and O–H groups in total. The number of hydrogen-bond acceptors (Lipinski definition) is 1. The van der Waals surface area contributed by atoms with Crippen molar-refractivity contribution in [2.24, 2.45) is 10.8 Å². The van der Waals surface area contributed by atoms with Crippen LogP contribution in [0, 0.1) is 10.8 Å². The van der Waals surface area contributed by atoms with Gasteiger partial charge in [-0.25, -0.2) is 0 Å². The first-order valence-corrected chi connectivity index (χ1v) is 14.3. The summed E-state index contributed by atoms with van der Waals surface area (Å²) in [5.41, 5.74) is 3.62. The van der Waals surface area contributed by atoms with E-state index in [9.17, 15) is 0 Å². The fourth-order valence-electron chi connectivity index (χ4n) is 4.38. The molecular formula is C24H40SSi. The third-order valence-corrected chi connectivity index (χ3v) is 13.8. The van der Waals surface area contributed by atoms with Gasteiger partial charge in [0.15, 0.2) is 0 Å². The second-order valence-corrected chi connectivity index (χ2v) is 17.0. The third kappa shape index (κ3) is 4.02. The van der Waals surface area contributed by atoms with Crippen LogP contribution < -0.4 is 0 Å². The van der Waals surface area contributed by atoms with Crippen LogP contribution >= 0.6 is 11.8 Å². The van der Waals surface area contributed by atoms with E-state index in [1.54, 1.807) is 10.8 Å². The van der Waals surface area contributed by atoms with Crippen LogP contribution in [0.5, 0.6) is 0 Å². The summed E-state index contributed by atoms with van der Waals surface area (Å²) in [5, 5.41) is 1.66. The standard InChI is InChI=1S/C24H40SSi/c1-10-17-25-24(26(8,9)20-13-11-12-14-20)16-15-19(22(2,3)4)18-21(24)23(5,6)7/h11,13-15,18H,10,12,16-17H2,1-9H3. The molecule has 0 fully saturated rings. The van der Waals surface area contributed by atoms with Gasteiger partial charge in [0.2, 0.25) is 0 Å². The Morgan fingerprint density at radius 3 is 2.15 bits per heavy atom. The van der Waals surface area contributed by atoms with Crippen molar-refractivity contribution >= 4 is 19.8 Å². The van der Waals surface area contributed by atoms with Crippen molar-refractivity contribution in [1.82, 2.24) is 0 Å². The van der Waals surface area contributed by atoms with Gasteiger partial charge in [0.05, 0.1) is 0 Å². The molecule has 0 saturated carbocycles. The van der Waals surface area contributed by atoms with Crippen LogP contribution in [0.2, 0.25) is 13.1 Å². The summed E-state index contributed by atoms with van der Waals surface area (Å²) in [7, 11) is -1.69. The molecule has 0 bridgehead atoms. The Morgan fingerprint density at radius 2 is 1.69 bits per heavy atom. The maximum absolute atomic E-state index is 2.62. The fourth-order valence-corrected chi connectivity index (χ4v) is 11.1. The summed E-state index contributed by atoms with van der Waals surface area (Å²) in [4.78, 5) is 0. The Morgan fingerprint density at radius 1 is 1.04 bits per heavy atom. The number of thioether (sulfide) groups is 1. The van der Waals surface area contributed by atoms with Gasteiger partial charge in [-0.2, -0.15) is 11.8 Å². The molecule has 1 atom stereocenters. The maximum atomic E-state index is 2.62. The van der Waals surface area contributed by atoms with Crippen LogP contribution in [-0.2, 0) is 0 Å². The Kier molecular flexibility index (Phi) is 6.30. The SMILES string of the molecule is CCCSC1([Si](C)(C)C2=CCC=C2)CC=C(C(C)(C)C)C=C1C(C)(C)C. The highest BCUT2D eigenvalue weighted by Gasteiger charge is 2.54. The van der Waals surface area contributed by atoms with Gasteiger partial charge in [0.1, 0.15) is 8.07 Å². The van der Waals surface area contributed by atoms with Crippen molar-refractivity contribution in [3.8, 4) is 0 Å². The summed E-state index contributed by atoms with van der Waals surface area (Å²) in [6.45, 7) is 21.9. The molecule has 0 aromatic carbocycles. The first kappa shape index (κ1) is 21.8. The highest BCUT2D eigenvalue weighted by atomic mass is 32.2. The molecule has 0 aliphatic heterocycles. The zero-order chi connectivity index (χ0) is 19.8. The van der Waals surface area contributed by atoms with Crippen LogP contribution in [0.25, 0.3) is 0 Å². The minimum absolute atomic E-state index is 0.193. The Bertz CT molecular complexity index is 647. The van der Waals surface area contributed by atoms with E-state index in [0.29, 0.717) is 0 Å². The highest BCUT2D eigenvalue weighted by molar-refractivity contribution is 8.02. The normalized spacial score (nSPS) is 24.4. The monoisotopic (exact) mass is 388 g/mol. The van der Waals surface area contributed by atoms with E-state index < -0.39 is 8.07 Å². The number of allylic oxidation sites excluding steroid dienone is 7. The average Bonchev–Trinajstić information content (AvgIpc) is 3.05. The van der Waals surface area contributed by atoms with Crippen molar-refractivity contribution in [3.63, 3.8) is 0 Å². The molecule has 2 aliphatic carbocycles. The lowest BCUT2D eigenvalue weighted by molar-refractivity contribution is 0.454. The first-order valence-electron chi connectivity index (χ1n) is 10.3. The van der Waals surface area contributed by atoms with E-state index in [0.717, 1.165) is 6.42 Å². The molecule has 0 radical (unpaired) electrons. The Labute approximate surface area is 168 Å². The zero-order valence-corrected chi connectivity index (χ0v) is 20.4. The molecule has 0 aromatic rings. The van der Waals surface area contributed by atoms with Gasteiger partial charge in [-0.05, 0) is 41.4 Å². The number of hydrogen-bond donors (Lipinski definition) is 0. The number of rotatable bonds is 5. The van der Waals surface area contributed by atoms with E-state index in [2.05, 4.69) is 104 Å². The average molecular weight is 389 g/mol. The maximum Gasteiger partial charge on any atom is 0.103 e. The van der Waals surface area contributed by atoms with Crippen LogP contribution in [0.1, 0.15) is 67.7 Å². The van der Waals surface area contributed by atoms with Crippen molar-refractivity contribution < 1.29 is 0 Å². The minimum Gasteiger partial charge on any atom is -0.153 e. The molecule has 1 unspecified atom stereocenters. The summed E-state index contributed by atoms with van der Waals surface area (Å²) in [6.07, 6.45) is 16.0. The lowest BCUT2D eigenvalue weighted by Gasteiger charge is -2.53. The van der Waals surface area contributed by atoms with Crippen LogP contribution in [-0.4, -0.2) is 18.2 Å². The molecule has 0 saturated heterocycles. The molecule has 0 spiro atoms. The van der Waals surface area contributed by atoms with Crippen molar-refractivity contribution in [1.29, 1.82) is 0 Å². The molecule has 2 heteroatoms. The van der Waals surface area contributed by atoms with Crippen molar-refractivity contribution in [2.45, 2.75) is 85.2 Å². The second kappa shape index (κ2) is 7.51. The Hall–Kier alpha value is -0.473. The van der Waals surface area contributed by atoms with E-state index >= 15 is 0 Å². The van der Waals surface area contributed by atoms with Gasteiger partial charge in [-0.15, -0.1) is 0 Å². The molecule has 0 aromatic heterocycles. The fraction of sp³-hybridized carbons (Fsp3) is 0.667. The van der Waals surface area contributed by atoms with Gasteiger partial charge in [-0.3, -0.25) is 0 Å². The summed E-state index contributed by atoms with van der Waals surface area (Å²) in [5.74, 6) is 1.25. The molecule has 0 heterocycles. The molecule has 0 amide bonds. The second-order valence-electron chi connectivity index (χ2n) is 10.5. The largest absolute Gasteiger partial charge is 0.153 e. The zero-order valence-electron chi connectivity index (χ0n) is 18.6. The molecule has 146 valence electrons. The predicted molar refractivity (Wildman–Crippen MR) is 124 cm³/mol. The minimum atomic E-state index is -1.69. The third-order valence-electron chi connectivity index (χ3n) is 6.07.